The van der Waals surface area contributed by atoms with E-state index in [2.05, 4.69) is 27.9 Å². The second-order valence-electron chi connectivity index (χ2n) is 3.61. The second-order valence-corrected chi connectivity index (χ2v) is 6.18. The first-order valence-electron chi connectivity index (χ1n) is 5.13. The Kier molecular flexibility index (Phi) is 4.60. The SMILES string of the molecule is NC(C(=O)Nc1ccc(Cl)cc1I)c1cccs1. The van der Waals surface area contributed by atoms with Gasteiger partial charge in [0, 0.05) is 13.5 Å². The van der Waals surface area contributed by atoms with Crippen LogP contribution < -0.4 is 11.1 Å². The number of hydrogen-bond acceptors (Lipinski definition) is 3. The molecule has 0 bridgehead atoms. The van der Waals surface area contributed by atoms with Crippen molar-refractivity contribution in [1.29, 1.82) is 0 Å². The van der Waals surface area contributed by atoms with Crippen LogP contribution >= 0.6 is 45.5 Å². The molecule has 0 spiro atoms. The molecule has 1 heterocycles. The number of thiophene rings is 1. The number of carbonyl (C=O) groups is 1. The van der Waals surface area contributed by atoms with Gasteiger partial charge in [-0.25, -0.2) is 0 Å². The molecule has 0 saturated heterocycles. The van der Waals surface area contributed by atoms with Crippen molar-refractivity contribution in [3.8, 4) is 0 Å². The van der Waals surface area contributed by atoms with Gasteiger partial charge in [-0.1, -0.05) is 17.7 Å². The summed E-state index contributed by atoms with van der Waals surface area (Å²) in [7, 11) is 0. The highest BCUT2D eigenvalue weighted by Gasteiger charge is 2.17. The Hall–Kier alpha value is -0.630. The van der Waals surface area contributed by atoms with Crippen molar-refractivity contribution in [2.75, 3.05) is 5.32 Å². The normalized spacial score (nSPS) is 12.2. The highest BCUT2D eigenvalue weighted by Crippen LogP contribution is 2.24. The number of benzene rings is 1. The van der Waals surface area contributed by atoms with Gasteiger partial charge in [0.25, 0.3) is 0 Å². The summed E-state index contributed by atoms with van der Waals surface area (Å²) < 4.78 is 0.881. The van der Waals surface area contributed by atoms with Crippen LogP contribution in [0.5, 0.6) is 0 Å². The summed E-state index contributed by atoms with van der Waals surface area (Å²) in [6.45, 7) is 0. The maximum atomic E-state index is 12.0. The first kappa shape index (κ1) is 13.8. The third-order valence-corrected chi connectivity index (χ3v) is 4.40. The monoisotopic (exact) mass is 392 g/mol. The van der Waals surface area contributed by atoms with Gasteiger partial charge in [0.05, 0.1) is 5.69 Å². The Bertz CT molecular complexity index is 559. The largest absolute Gasteiger partial charge is 0.323 e. The van der Waals surface area contributed by atoms with Gasteiger partial charge in [0.15, 0.2) is 0 Å². The van der Waals surface area contributed by atoms with Crippen molar-refractivity contribution in [3.05, 3.63) is 49.2 Å². The molecule has 3 N–H and O–H groups in total. The molecule has 1 aromatic heterocycles. The smallest absolute Gasteiger partial charge is 0.246 e. The average molecular weight is 393 g/mol. The van der Waals surface area contributed by atoms with Crippen molar-refractivity contribution < 1.29 is 4.79 Å². The minimum atomic E-state index is -0.642. The van der Waals surface area contributed by atoms with Crippen LogP contribution in [0.25, 0.3) is 0 Å². The molecule has 0 aliphatic rings. The number of rotatable bonds is 3. The molecule has 1 unspecified atom stereocenters. The van der Waals surface area contributed by atoms with Crippen LogP contribution in [-0.2, 0) is 4.79 Å². The third kappa shape index (κ3) is 3.23. The van der Waals surface area contributed by atoms with E-state index in [-0.39, 0.29) is 5.91 Å². The molecular formula is C12H10ClIN2OS. The Morgan fingerprint density at radius 1 is 1.44 bits per heavy atom. The van der Waals surface area contributed by atoms with Crippen LogP contribution in [0.15, 0.2) is 35.7 Å². The average Bonchev–Trinajstić information content (AvgIpc) is 2.85. The Balaban J connectivity index is 2.12. The van der Waals surface area contributed by atoms with E-state index < -0.39 is 6.04 Å². The van der Waals surface area contributed by atoms with Crippen LogP contribution in [-0.4, -0.2) is 5.91 Å². The maximum Gasteiger partial charge on any atom is 0.246 e. The summed E-state index contributed by atoms with van der Waals surface area (Å²) in [4.78, 5) is 12.8. The van der Waals surface area contributed by atoms with Crippen molar-refractivity contribution in [2.45, 2.75) is 6.04 Å². The Morgan fingerprint density at radius 2 is 2.22 bits per heavy atom. The standard InChI is InChI=1S/C12H10ClIN2OS/c13-7-3-4-9(8(14)6-7)16-12(17)11(15)10-2-1-5-18-10/h1-6,11H,15H2,(H,16,17). The number of anilines is 1. The number of nitrogens with two attached hydrogens (primary N) is 1. The fraction of sp³-hybridized carbons (Fsp3) is 0.0833. The lowest BCUT2D eigenvalue weighted by atomic mass is 10.2. The second kappa shape index (κ2) is 6.01. The lowest BCUT2D eigenvalue weighted by molar-refractivity contribution is -0.117. The summed E-state index contributed by atoms with van der Waals surface area (Å²) in [6.07, 6.45) is 0. The summed E-state index contributed by atoms with van der Waals surface area (Å²) in [5.41, 5.74) is 6.60. The molecule has 6 heteroatoms. The molecule has 0 aliphatic heterocycles. The van der Waals surface area contributed by atoms with E-state index in [9.17, 15) is 4.79 Å². The molecule has 1 aromatic carbocycles. The fourth-order valence-corrected chi connectivity index (χ4v) is 3.13. The van der Waals surface area contributed by atoms with Gasteiger partial charge >= 0.3 is 0 Å². The maximum absolute atomic E-state index is 12.0. The quantitative estimate of drug-likeness (QED) is 0.784. The van der Waals surface area contributed by atoms with Gasteiger partial charge in [-0.05, 0) is 52.2 Å². The third-order valence-electron chi connectivity index (χ3n) is 2.32. The molecule has 0 fully saturated rings. The van der Waals surface area contributed by atoms with E-state index in [1.165, 1.54) is 11.3 Å². The molecule has 1 amide bonds. The predicted octanol–water partition coefficient (Wildman–Crippen LogP) is 3.64. The topological polar surface area (TPSA) is 55.1 Å². The number of carbonyl (C=O) groups excluding carboxylic acids is 1. The fourth-order valence-electron chi connectivity index (χ4n) is 1.40. The Morgan fingerprint density at radius 3 is 2.83 bits per heavy atom. The highest BCUT2D eigenvalue weighted by molar-refractivity contribution is 14.1. The van der Waals surface area contributed by atoms with Crippen molar-refractivity contribution >= 4 is 57.1 Å². The van der Waals surface area contributed by atoms with Crippen molar-refractivity contribution in [1.82, 2.24) is 0 Å². The Labute approximate surface area is 127 Å². The number of nitrogens with one attached hydrogen (secondary N) is 1. The molecule has 3 nitrogen and oxygen atoms in total. The summed E-state index contributed by atoms with van der Waals surface area (Å²) in [5.74, 6) is -0.224. The van der Waals surface area contributed by atoms with E-state index in [1.807, 2.05) is 17.5 Å². The number of halogens is 2. The minimum absolute atomic E-state index is 0.224. The zero-order chi connectivity index (χ0) is 13.1. The first-order valence-corrected chi connectivity index (χ1v) is 7.46. The summed E-state index contributed by atoms with van der Waals surface area (Å²) >= 11 is 9.44. The van der Waals surface area contributed by atoms with E-state index in [0.29, 0.717) is 5.02 Å². The van der Waals surface area contributed by atoms with E-state index in [0.717, 1.165) is 14.1 Å². The molecule has 2 rings (SSSR count). The van der Waals surface area contributed by atoms with Crippen LogP contribution in [0.3, 0.4) is 0 Å². The molecule has 2 aromatic rings. The van der Waals surface area contributed by atoms with Crippen LogP contribution in [0.4, 0.5) is 5.69 Å². The van der Waals surface area contributed by atoms with Crippen LogP contribution in [0.1, 0.15) is 10.9 Å². The molecule has 18 heavy (non-hydrogen) atoms. The molecule has 1 atom stereocenters. The van der Waals surface area contributed by atoms with E-state index in [4.69, 9.17) is 17.3 Å². The van der Waals surface area contributed by atoms with Gasteiger partial charge in [-0.15, -0.1) is 11.3 Å². The predicted molar refractivity (Wildman–Crippen MR) is 84.0 cm³/mol. The zero-order valence-electron chi connectivity index (χ0n) is 9.19. The lowest BCUT2D eigenvalue weighted by Crippen LogP contribution is -2.27. The van der Waals surface area contributed by atoms with Crippen LogP contribution in [0, 0.1) is 3.57 Å². The zero-order valence-corrected chi connectivity index (χ0v) is 12.9. The number of hydrogen-bond donors (Lipinski definition) is 2. The van der Waals surface area contributed by atoms with Gasteiger partial charge < -0.3 is 11.1 Å². The molecule has 0 radical (unpaired) electrons. The van der Waals surface area contributed by atoms with Crippen molar-refractivity contribution in [3.63, 3.8) is 0 Å². The summed E-state index contributed by atoms with van der Waals surface area (Å²) in [6, 6.07) is 8.37. The van der Waals surface area contributed by atoms with E-state index in [1.54, 1.807) is 18.2 Å². The first-order chi connectivity index (χ1) is 8.58. The van der Waals surface area contributed by atoms with Gasteiger partial charge in [0.1, 0.15) is 6.04 Å². The lowest BCUT2D eigenvalue weighted by Gasteiger charge is -2.12. The van der Waals surface area contributed by atoms with Crippen molar-refractivity contribution in [2.24, 2.45) is 5.73 Å². The van der Waals surface area contributed by atoms with E-state index >= 15 is 0 Å². The number of amides is 1. The minimum Gasteiger partial charge on any atom is -0.323 e. The molecule has 0 saturated carbocycles. The molecule has 0 aliphatic carbocycles. The van der Waals surface area contributed by atoms with Gasteiger partial charge in [-0.2, -0.15) is 0 Å². The highest BCUT2D eigenvalue weighted by atomic mass is 127. The van der Waals surface area contributed by atoms with Gasteiger partial charge in [0.2, 0.25) is 5.91 Å². The molecule has 94 valence electrons. The van der Waals surface area contributed by atoms with Crippen LogP contribution in [0.2, 0.25) is 5.02 Å². The molecular weight excluding hydrogens is 383 g/mol. The van der Waals surface area contributed by atoms with Gasteiger partial charge in [-0.3, -0.25) is 4.79 Å². The summed E-state index contributed by atoms with van der Waals surface area (Å²) in [5, 5.41) is 5.34.